The molecule has 3 aromatic heterocycles. The molecule has 4 rings (SSSR count). The zero-order valence-electron chi connectivity index (χ0n) is 13.7. The van der Waals surface area contributed by atoms with Crippen molar-refractivity contribution in [3.05, 3.63) is 94.3 Å². The Morgan fingerprint density at radius 3 is 2.72 bits per heavy atom. The van der Waals surface area contributed by atoms with Crippen LogP contribution in [0.3, 0.4) is 0 Å². The van der Waals surface area contributed by atoms with Gasteiger partial charge < -0.3 is 0 Å². The lowest BCUT2D eigenvalue weighted by Crippen LogP contribution is -2.20. The third kappa shape index (κ3) is 2.87. The molecule has 0 fully saturated rings. The maximum atomic E-state index is 12.6. The highest BCUT2D eigenvalue weighted by Gasteiger charge is 2.08. The van der Waals surface area contributed by atoms with Crippen LogP contribution in [0, 0.1) is 6.92 Å². The fourth-order valence-corrected chi connectivity index (χ4v) is 2.79. The highest BCUT2D eigenvalue weighted by molar-refractivity contribution is 5.68. The Balaban J connectivity index is 1.79. The SMILES string of the molecule is Cc1ccccc1-n1ccc2nc(C=Cc3cccnc3)cc(=O)n21. The third-order valence-corrected chi connectivity index (χ3v) is 4.01. The fourth-order valence-electron chi connectivity index (χ4n) is 2.79. The van der Waals surface area contributed by atoms with E-state index in [9.17, 15) is 4.79 Å². The van der Waals surface area contributed by atoms with E-state index in [-0.39, 0.29) is 5.56 Å². The smallest absolute Gasteiger partial charge is 0.267 e. The molecule has 0 bridgehead atoms. The minimum absolute atomic E-state index is 0.121. The van der Waals surface area contributed by atoms with E-state index < -0.39 is 0 Å². The highest BCUT2D eigenvalue weighted by atomic mass is 16.1. The van der Waals surface area contributed by atoms with Gasteiger partial charge in [-0.1, -0.05) is 30.3 Å². The van der Waals surface area contributed by atoms with Gasteiger partial charge in [-0.25, -0.2) is 4.98 Å². The topological polar surface area (TPSA) is 52.2 Å². The molecule has 4 aromatic rings. The van der Waals surface area contributed by atoms with Gasteiger partial charge in [0.15, 0.2) is 5.65 Å². The van der Waals surface area contributed by atoms with E-state index in [1.54, 1.807) is 16.9 Å². The van der Waals surface area contributed by atoms with Crippen LogP contribution in [0.5, 0.6) is 0 Å². The summed E-state index contributed by atoms with van der Waals surface area (Å²) in [5.41, 5.74) is 4.12. The van der Waals surface area contributed by atoms with Crippen LogP contribution in [-0.4, -0.2) is 19.2 Å². The Kier molecular flexibility index (Phi) is 3.74. The summed E-state index contributed by atoms with van der Waals surface area (Å²) < 4.78 is 3.40. The lowest BCUT2D eigenvalue weighted by Gasteiger charge is -2.09. The maximum absolute atomic E-state index is 12.6. The first-order valence-electron chi connectivity index (χ1n) is 7.98. The summed E-state index contributed by atoms with van der Waals surface area (Å²) in [6, 6.07) is 15.1. The first-order chi connectivity index (χ1) is 12.2. The molecule has 0 atom stereocenters. The second-order valence-electron chi connectivity index (χ2n) is 5.76. The molecule has 0 amide bonds. The molecule has 0 aliphatic rings. The number of aryl methyl sites for hydroxylation is 1. The van der Waals surface area contributed by atoms with Crippen LogP contribution in [0.4, 0.5) is 0 Å². The van der Waals surface area contributed by atoms with Crippen LogP contribution in [-0.2, 0) is 0 Å². The van der Waals surface area contributed by atoms with Crippen molar-refractivity contribution in [2.75, 3.05) is 0 Å². The summed E-state index contributed by atoms with van der Waals surface area (Å²) in [7, 11) is 0. The van der Waals surface area contributed by atoms with Crippen LogP contribution < -0.4 is 5.56 Å². The van der Waals surface area contributed by atoms with Crippen molar-refractivity contribution < 1.29 is 0 Å². The fraction of sp³-hybridized carbons (Fsp3) is 0.0500. The van der Waals surface area contributed by atoms with E-state index in [4.69, 9.17) is 0 Å². The number of hydrogen-bond acceptors (Lipinski definition) is 3. The quantitative estimate of drug-likeness (QED) is 0.579. The molecule has 5 nitrogen and oxygen atoms in total. The van der Waals surface area contributed by atoms with Gasteiger partial charge >= 0.3 is 0 Å². The Labute approximate surface area is 144 Å². The van der Waals surface area contributed by atoms with Crippen LogP contribution >= 0.6 is 0 Å². The predicted molar refractivity (Wildman–Crippen MR) is 98.7 cm³/mol. The Morgan fingerprint density at radius 2 is 1.92 bits per heavy atom. The molecule has 0 saturated carbocycles. The second kappa shape index (κ2) is 6.20. The number of aromatic nitrogens is 4. The van der Waals surface area contributed by atoms with E-state index in [0.717, 1.165) is 16.8 Å². The molecule has 0 spiro atoms. The summed E-state index contributed by atoms with van der Waals surface area (Å²) in [6.07, 6.45) is 9.06. The molecule has 0 aliphatic carbocycles. The van der Waals surface area contributed by atoms with Gasteiger partial charge in [0.1, 0.15) is 0 Å². The summed E-state index contributed by atoms with van der Waals surface area (Å²) in [5, 5.41) is 0. The van der Waals surface area contributed by atoms with E-state index in [1.807, 2.05) is 72.4 Å². The molecule has 122 valence electrons. The normalized spacial score (nSPS) is 11.4. The number of nitrogens with zero attached hydrogens (tertiary/aromatic N) is 4. The molecule has 0 unspecified atom stereocenters. The zero-order chi connectivity index (χ0) is 17.2. The number of fused-ring (bicyclic) bond motifs is 1. The molecule has 3 heterocycles. The number of rotatable bonds is 3. The lowest BCUT2D eigenvalue weighted by molar-refractivity contribution is 0.759. The third-order valence-electron chi connectivity index (χ3n) is 4.01. The van der Waals surface area contributed by atoms with Crippen molar-refractivity contribution in [3.63, 3.8) is 0 Å². The van der Waals surface area contributed by atoms with Crippen LogP contribution in [0.15, 0.2) is 71.9 Å². The van der Waals surface area contributed by atoms with Crippen molar-refractivity contribution in [2.45, 2.75) is 6.92 Å². The molecular formula is C20H16N4O. The van der Waals surface area contributed by atoms with Gasteiger partial charge in [0.25, 0.3) is 5.56 Å². The molecule has 0 radical (unpaired) electrons. The van der Waals surface area contributed by atoms with Gasteiger partial charge in [-0.05, 0) is 36.3 Å². The van der Waals surface area contributed by atoms with E-state index in [2.05, 4.69) is 9.97 Å². The standard InChI is InChI=1S/C20H16N4O/c1-15-5-2-3-7-18(15)23-12-10-19-22-17(13-20(25)24(19)23)9-8-16-6-4-11-21-14-16/h2-14H,1H3. The summed E-state index contributed by atoms with van der Waals surface area (Å²) in [6.45, 7) is 2.02. The number of para-hydroxylation sites is 1. The van der Waals surface area contributed by atoms with Gasteiger partial charge in [0.2, 0.25) is 0 Å². The monoisotopic (exact) mass is 328 g/mol. The number of pyridine rings is 1. The second-order valence-corrected chi connectivity index (χ2v) is 5.76. The average Bonchev–Trinajstić information content (AvgIpc) is 3.06. The van der Waals surface area contributed by atoms with Gasteiger partial charge in [-0.2, -0.15) is 4.52 Å². The molecule has 25 heavy (non-hydrogen) atoms. The van der Waals surface area contributed by atoms with Crippen molar-refractivity contribution in [1.29, 1.82) is 0 Å². The first-order valence-corrected chi connectivity index (χ1v) is 7.98. The largest absolute Gasteiger partial charge is 0.273 e. The van der Waals surface area contributed by atoms with Gasteiger partial charge in [0, 0.05) is 30.7 Å². The highest BCUT2D eigenvalue weighted by Crippen LogP contribution is 2.14. The molecule has 5 heteroatoms. The Morgan fingerprint density at radius 1 is 1.04 bits per heavy atom. The van der Waals surface area contributed by atoms with Crippen molar-refractivity contribution >= 4 is 17.8 Å². The maximum Gasteiger partial charge on any atom is 0.273 e. The van der Waals surface area contributed by atoms with Gasteiger partial charge in [0.05, 0.1) is 11.4 Å². The van der Waals surface area contributed by atoms with Crippen LogP contribution in [0.2, 0.25) is 0 Å². The molecule has 0 N–H and O–H groups in total. The number of hydrogen-bond donors (Lipinski definition) is 0. The summed E-state index contributed by atoms with van der Waals surface area (Å²) >= 11 is 0. The number of benzene rings is 1. The lowest BCUT2D eigenvalue weighted by atomic mass is 10.2. The molecular weight excluding hydrogens is 312 g/mol. The molecule has 0 aliphatic heterocycles. The predicted octanol–water partition coefficient (Wildman–Crippen LogP) is 3.36. The molecule has 0 saturated heterocycles. The molecule has 1 aromatic carbocycles. The zero-order valence-corrected chi connectivity index (χ0v) is 13.7. The van der Waals surface area contributed by atoms with E-state index in [0.29, 0.717) is 11.3 Å². The van der Waals surface area contributed by atoms with Crippen LogP contribution in [0.25, 0.3) is 23.5 Å². The minimum Gasteiger partial charge on any atom is -0.267 e. The Hall–Kier alpha value is -3.47. The minimum atomic E-state index is -0.121. The summed E-state index contributed by atoms with van der Waals surface area (Å²) in [5.74, 6) is 0. The van der Waals surface area contributed by atoms with E-state index >= 15 is 0 Å². The Bertz CT molecular complexity index is 1120. The van der Waals surface area contributed by atoms with E-state index in [1.165, 1.54) is 6.07 Å². The summed E-state index contributed by atoms with van der Waals surface area (Å²) in [4.78, 5) is 21.3. The van der Waals surface area contributed by atoms with Crippen molar-refractivity contribution in [1.82, 2.24) is 19.2 Å². The average molecular weight is 328 g/mol. The van der Waals surface area contributed by atoms with Gasteiger partial charge in [-0.3, -0.25) is 14.5 Å². The van der Waals surface area contributed by atoms with Crippen LogP contribution in [0.1, 0.15) is 16.8 Å². The van der Waals surface area contributed by atoms with Gasteiger partial charge in [-0.15, -0.1) is 0 Å². The van der Waals surface area contributed by atoms with Crippen molar-refractivity contribution in [2.24, 2.45) is 0 Å². The van der Waals surface area contributed by atoms with Crippen molar-refractivity contribution in [3.8, 4) is 5.69 Å². The first kappa shape index (κ1) is 15.1.